The summed E-state index contributed by atoms with van der Waals surface area (Å²) in [4.78, 5) is 4.24. The average molecular weight is 421 g/mol. The van der Waals surface area contributed by atoms with Gasteiger partial charge < -0.3 is 9.47 Å². The molecule has 1 N–H and O–H groups in total. The molecule has 0 saturated carbocycles. The third kappa shape index (κ3) is 5.71. The van der Waals surface area contributed by atoms with E-state index in [9.17, 15) is 13.2 Å². The number of hydrogen-bond acceptors (Lipinski definition) is 6. The maximum Gasteiger partial charge on any atom is 0.416 e. The molecule has 0 atom stereocenters. The molecule has 0 saturated heterocycles. The van der Waals surface area contributed by atoms with Gasteiger partial charge in [-0.2, -0.15) is 18.3 Å². The van der Waals surface area contributed by atoms with E-state index >= 15 is 0 Å². The van der Waals surface area contributed by atoms with Crippen LogP contribution in [0.15, 0.2) is 52.9 Å². The molecule has 0 aliphatic carbocycles. The first kappa shape index (κ1) is 20.7. The zero-order valence-corrected chi connectivity index (χ0v) is 16.5. The number of methoxy groups -OCH3 is 1. The first-order valence-electron chi connectivity index (χ1n) is 8.53. The minimum absolute atomic E-state index is 0.0152. The van der Waals surface area contributed by atoms with Crippen LogP contribution in [0.1, 0.15) is 22.4 Å². The van der Waals surface area contributed by atoms with Crippen molar-refractivity contribution in [1.82, 2.24) is 4.98 Å². The van der Waals surface area contributed by atoms with E-state index in [1.54, 1.807) is 30.5 Å². The number of alkyl halides is 3. The Morgan fingerprint density at radius 2 is 2.00 bits per heavy atom. The summed E-state index contributed by atoms with van der Waals surface area (Å²) >= 11 is 1.45. The molecule has 1 aromatic heterocycles. The molecule has 0 aliphatic heterocycles. The first-order chi connectivity index (χ1) is 13.8. The van der Waals surface area contributed by atoms with Crippen molar-refractivity contribution >= 4 is 22.7 Å². The maximum atomic E-state index is 12.8. The molecule has 2 aromatic carbocycles. The van der Waals surface area contributed by atoms with Gasteiger partial charge in [0.15, 0.2) is 11.5 Å². The Morgan fingerprint density at radius 1 is 1.17 bits per heavy atom. The highest BCUT2D eigenvalue weighted by atomic mass is 32.1. The van der Waals surface area contributed by atoms with Crippen LogP contribution in [0.3, 0.4) is 0 Å². The van der Waals surface area contributed by atoms with E-state index in [0.717, 1.165) is 23.4 Å². The number of ether oxygens (including phenoxy) is 2. The molecular weight excluding hydrogens is 403 g/mol. The number of nitrogens with one attached hydrogen (secondary N) is 1. The van der Waals surface area contributed by atoms with E-state index in [1.807, 2.05) is 12.3 Å². The van der Waals surface area contributed by atoms with Crippen molar-refractivity contribution in [3.63, 3.8) is 0 Å². The van der Waals surface area contributed by atoms with E-state index in [2.05, 4.69) is 15.5 Å². The van der Waals surface area contributed by atoms with Gasteiger partial charge in [-0.15, -0.1) is 11.3 Å². The Morgan fingerprint density at radius 3 is 2.69 bits per heavy atom. The maximum absolute atomic E-state index is 12.8. The summed E-state index contributed by atoms with van der Waals surface area (Å²) in [5, 5.41) is 6.73. The average Bonchev–Trinajstić information content (AvgIpc) is 3.11. The monoisotopic (exact) mass is 421 g/mol. The summed E-state index contributed by atoms with van der Waals surface area (Å²) in [6, 6.07) is 10.2. The highest BCUT2D eigenvalue weighted by molar-refractivity contribution is 7.13. The van der Waals surface area contributed by atoms with Gasteiger partial charge in [-0.25, -0.2) is 4.98 Å². The van der Waals surface area contributed by atoms with E-state index in [1.165, 1.54) is 24.5 Å². The molecule has 3 aromatic rings. The van der Waals surface area contributed by atoms with Crippen LogP contribution in [-0.4, -0.2) is 18.3 Å². The Labute approximate surface area is 169 Å². The van der Waals surface area contributed by atoms with Crippen molar-refractivity contribution in [2.45, 2.75) is 19.7 Å². The molecule has 0 unspecified atom stereocenters. The standard InChI is InChI=1S/C20H18F3N3O2S/c1-13-12-29-19(25-13)26-24-10-14-6-7-17(18(9-14)27-2)28-11-15-4-3-5-16(8-15)20(21,22)23/h3-10,12H,11H2,1-2H3,(H,25,26). The van der Waals surface area contributed by atoms with E-state index in [4.69, 9.17) is 9.47 Å². The van der Waals surface area contributed by atoms with Crippen molar-refractivity contribution in [3.8, 4) is 11.5 Å². The van der Waals surface area contributed by atoms with Gasteiger partial charge in [0.05, 0.1) is 24.6 Å². The fraction of sp³-hybridized carbons (Fsp3) is 0.200. The second-order valence-electron chi connectivity index (χ2n) is 6.06. The minimum Gasteiger partial charge on any atom is -0.493 e. The molecule has 0 radical (unpaired) electrons. The minimum atomic E-state index is -4.39. The van der Waals surface area contributed by atoms with Crippen LogP contribution in [-0.2, 0) is 12.8 Å². The molecule has 152 valence electrons. The van der Waals surface area contributed by atoms with Crippen LogP contribution in [0.2, 0.25) is 0 Å². The number of nitrogens with zero attached hydrogens (tertiary/aromatic N) is 2. The Kier molecular flexibility index (Phi) is 6.38. The van der Waals surface area contributed by atoms with Crippen molar-refractivity contribution < 1.29 is 22.6 Å². The number of hydrogen-bond donors (Lipinski definition) is 1. The van der Waals surface area contributed by atoms with Crippen LogP contribution >= 0.6 is 11.3 Å². The number of aromatic nitrogens is 1. The summed E-state index contributed by atoms with van der Waals surface area (Å²) in [6.07, 6.45) is -2.78. The summed E-state index contributed by atoms with van der Waals surface area (Å²) in [5.41, 5.74) is 4.22. The third-order valence-electron chi connectivity index (χ3n) is 3.83. The number of rotatable bonds is 7. The summed E-state index contributed by atoms with van der Waals surface area (Å²) in [5.74, 6) is 0.872. The molecule has 1 heterocycles. The van der Waals surface area contributed by atoms with Gasteiger partial charge in [0.25, 0.3) is 0 Å². The molecule has 3 rings (SSSR count). The number of aryl methyl sites for hydroxylation is 1. The second kappa shape index (κ2) is 8.95. The number of halogens is 3. The summed E-state index contributed by atoms with van der Waals surface area (Å²) < 4.78 is 49.4. The Bertz CT molecular complexity index is 1000. The van der Waals surface area contributed by atoms with Crippen molar-refractivity contribution in [2.24, 2.45) is 5.10 Å². The van der Waals surface area contributed by atoms with Crippen LogP contribution in [0.4, 0.5) is 18.3 Å². The largest absolute Gasteiger partial charge is 0.493 e. The van der Waals surface area contributed by atoms with Gasteiger partial charge >= 0.3 is 6.18 Å². The number of benzene rings is 2. The fourth-order valence-corrected chi connectivity index (χ4v) is 3.09. The molecule has 0 aliphatic rings. The molecule has 0 bridgehead atoms. The molecular formula is C20H18F3N3O2S. The lowest BCUT2D eigenvalue weighted by molar-refractivity contribution is -0.137. The summed E-state index contributed by atoms with van der Waals surface area (Å²) in [6.45, 7) is 1.88. The lowest BCUT2D eigenvalue weighted by Crippen LogP contribution is -2.06. The van der Waals surface area contributed by atoms with E-state index in [0.29, 0.717) is 22.2 Å². The Hall–Kier alpha value is -3.07. The quantitative estimate of drug-likeness (QED) is 0.404. The molecule has 0 amide bonds. The molecule has 29 heavy (non-hydrogen) atoms. The third-order valence-corrected chi connectivity index (χ3v) is 4.69. The highest BCUT2D eigenvalue weighted by Gasteiger charge is 2.30. The van der Waals surface area contributed by atoms with E-state index in [-0.39, 0.29) is 6.61 Å². The van der Waals surface area contributed by atoms with Crippen LogP contribution in [0.25, 0.3) is 0 Å². The van der Waals surface area contributed by atoms with E-state index < -0.39 is 11.7 Å². The van der Waals surface area contributed by atoms with Crippen LogP contribution in [0.5, 0.6) is 11.5 Å². The molecule has 9 heteroatoms. The van der Waals surface area contributed by atoms with Gasteiger partial charge in [0.2, 0.25) is 5.13 Å². The lowest BCUT2D eigenvalue weighted by atomic mass is 10.1. The molecule has 0 spiro atoms. The normalized spacial score (nSPS) is 11.6. The summed E-state index contributed by atoms with van der Waals surface area (Å²) in [7, 11) is 1.49. The van der Waals surface area contributed by atoms with Gasteiger partial charge in [-0.1, -0.05) is 12.1 Å². The number of thiazole rings is 1. The van der Waals surface area contributed by atoms with Gasteiger partial charge in [-0.05, 0) is 48.4 Å². The van der Waals surface area contributed by atoms with Gasteiger partial charge in [-0.3, -0.25) is 5.43 Å². The first-order valence-corrected chi connectivity index (χ1v) is 9.41. The van der Waals surface area contributed by atoms with Gasteiger partial charge in [0.1, 0.15) is 6.61 Å². The molecule has 5 nitrogen and oxygen atoms in total. The smallest absolute Gasteiger partial charge is 0.416 e. The predicted octanol–water partition coefficient (Wildman–Crippen LogP) is 5.50. The topological polar surface area (TPSA) is 55.7 Å². The SMILES string of the molecule is COc1cc(C=NNc2nc(C)cs2)ccc1OCc1cccc(C(F)(F)F)c1. The number of anilines is 1. The zero-order valence-electron chi connectivity index (χ0n) is 15.7. The molecule has 0 fully saturated rings. The highest BCUT2D eigenvalue weighted by Crippen LogP contribution is 2.31. The van der Waals surface area contributed by atoms with Crippen molar-refractivity contribution in [3.05, 3.63) is 70.2 Å². The second-order valence-corrected chi connectivity index (χ2v) is 6.92. The van der Waals surface area contributed by atoms with Crippen LogP contribution < -0.4 is 14.9 Å². The fourth-order valence-electron chi connectivity index (χ4n) is 2.45. The van der Waals surface area contributed by atoms with Crippen LogP contribution in [0, 0.1) is 6.92 Å². The number of hydrazone groups is 1. The zero-order chi connectivity index (χ0) is 20.9. The van der Waals surface area contributed by atoms with Crippen molar-refractivity contribution in [1.29, 1.82) is 0 Å². The predicted molar refractivity (Wildman–Crippen MR) is 107 cm³/mol. The Balaban J connectivity index is 1.66. The van der Waals surface area contributed by atoms with Crippen molar-refractivity contribution in [2.75, 3.05) is 12.5 Å². The van der Waals surface area contributed by atoms with Gasteiger partial charge in [0, 0.05) is 5.38 Å². The lowest BCUT2D eigenvalue weighted by Gasteiger charge is -2.12.